The lowest BCUT2D eigenvalue weighted by atomic mass is 9.82. The van der Waals surface area contributed by atoms with Gasteiger partial charge in [-0.05, 0) is 103 Å². The second-order valence-electron chi connectivity index (χ2n) is 13.4. The molecule has 0 radical (unpaired) electrons. The molecule has 1 aliphatic carbocycles. The number of fused-ring (bicyclic) bond motifs is 5. The van der Waals surface area contributed by atoms with Crippen LogP contribution < -0.4 is 4.90 Å². The summed E-state index contributed by atoms with van der Waals surface area (Å²) in [7, 11) is 0. The average molecular weight is 614 g/mol. The van der Waals surface area contributed by atoms with Gasteiger partial charge in [0, 0.05) is 22.2 Å². The third-order valence-electron chi connectivity index (χ3n) is 10.2. The Balaban J connectivity index is 1.22. The zero-order valence-corrected chi connectivity index (χ0v) is 27.2. The molecule has 48 heavy (non-hydrogen) atoms. The van der Waals surface area contributed by atoms with E-state index >= 15 is 0 Å². The van der Waals surface area contributed by atoms with Crippen molar-refractivity contribution < 1.29 is 0 Å². The first kappa shape index (κ1) is 28.3. The minimum absolute atomic E-state index is 0.0903. The van der Waals surface area contributed by atoms with E-state index in [2.05, 4.69) is 195 Å². The van der Waals surface area contributed by atoms with Gasteiger partial charge in [-0.3, -0.25) is 0 Å². The molecular formula is C47H35N. The van der Waals surface area contributed by atoms with Crippen molar-refractivity contribution in [2.75, 3.05) is 4.90 Å². The van der Waals surface area contributed by atoms with Crippen LogP contribution in [0.3, 0.4) is 0 Å². The molecule has 0 heterocycles. The summed E-state index contributed by atoms with van der Waals surface area (Å²) in [5.41, 5.74) is 13.7. The van der Waals surface area contributed by atoms with E-state index in [1.54, 1.807) is 0 Å². The second kappa shape index (κ2) is 11.1. The van der Waals surface area contributed by atoms with E-state index in [0.29, 0.717) is 0 Å². The number of nitrogens with zero attached hydrogens (tertiary/aromatic N) is 1. The van der Waals surface area contributed by atoms with E-state index in [-0.39, 0.29) is 5.41 Å². The fourth-order valence-corrected chi connectivity index (χ4v) is 7.72. The van der Waals surface area contributed by atoms with E-state index in [0.717, 1.165) is 17.1 Å². The molecular weight excluding hydrogens is 579 g/mol. The molecule has 0 amide bonds. The predicted molar refractivity (Wildman–Crippen MR) is 205 cm³/mol. The molecule has 0 unspecified atom stereocenters. The first-order chi connectivity index (χ1) is 23.5. The van der Waals surface area contributed by atoms with Crippen LogP contribution in [0.5, 0.6) is 0 Å². The highest BCUT2D eigenvalue weighted by atomic mass is 15.1. The van der Waals surface area contributed by atoms with Crippen LogP contribution in [0.2, 0.25) is 0 Å². The predicted octanol–water partition coefficient (Wildman–Crippen LogP) is 13.1. The Morgan fingerprint density at radius 1 is 0.375 bits per heavy atom. The van der Waals surface area contributed by atoms with Gasteiger partial charge >= 0.3 is 0 Å². The van der Waals surface area contributed by atoms with Crippen LogP contribution in [0.1, 0.15) is 25.0 Å². The minimum Gasteiger partial charge on any atom is -0.310 e. The van der Waals surface area contributed by atoms with Crippen LogP contribution in [-0.2, 0) is 5.41 Å². The molecule has 228 valence electrons. The van der Waals surface area contributed by atoms with Crippen LogP contribution in [0, 0.1) is 0 Å². The Bertz CT molecular complexity index is 2490. The van der Waals surface area contributed by atoms with Crippen LogP contribution in [0.15, 0.2) is 176 Å². The number of anilines is 3. The first-order valence-electron chi connectivity index (χ1n) is 16.8. The molecule has 0 atom stereocenters. The van der Waals surface area contributed by atoms with E-state index in [9.17, 15) is 0 Å². The van der Waals surface area contributed by atoms with Crippen molar-refractivity contribution in [2.24, 2.45) is 0 Å². The lowest BCUT2D eigenvalue weighted by molar-refractivity contribution is 0.660. The number of hydrogen-bond acceptors (Lipinski definition) is 1. The summed E-state index contributed by atoms with van der Waals surface area (Å²) >= 11 is 0. The molecule has 0 saturated heterocycles. The van der Waals surface area contributed by atoms with E-state index in [1.807, 2.05) is 0 Å². The molecule has 0 aliphatic heterocycles. The summed E-state index contributed by atoms with van der Waals surface area (Å²) in [6.07, 6.45) is 0. The topological polar surface area (TPSA) is 3.24 Å². The summed E-state index contributed by atoms with van der Waals surface area (Å²) in [6, 6.07) is 64.5. The fraction of sp³-hybridized carbons (Fsp3) is 0.0638. The maximum Gasteiger partial charge on any atom is 0.0540 e. The molecule has 8 aromatic carbocycles. The molecule has 1 nitrogen and oxygen atoms in total. The van der Waals surface area contributed by atoms with Gasteiger partial charge in [0.2, 0.25) is 0 Å². The van der Waals surface area contributed by atoms with E-state index in [4.69, 9.17) is 0 Å². The summed E-state index contributed by atoms with van der Waals surface area (Å²) < 4.78 is 0. The largest absolute Gasteiger partial charge is 0.310 e. The summed E-state index contributed by atoms with van der Waals surface area (Å²) in [6.45, 7) is 4.71. The van der Waals surface area contributed by atoms with Crippen molar-refractivity contribution in [3.8, 4) is 33.4 Å². The smallest absolute Gasteiger partial charge is 0.0540 e. The van der Waals surface area contributed by atoms with E-state index < -0.39 is 0 Å². The third-order valence-corrected chi connectivity index (χ3v) is 10.2. The molecule has 0 N–H and O–H groups in total. The monoisotopic (exact) mass is 613 g/mol. The molecule has 0 fully saturated rings. The average Bonchev–Trinajstić information content (AvgIpc) is 3.37. The maximum absolute atomic E-state index is 2.45. The van der Waals surface area contributed by atoms with Crippen molar-refractivity contribution in [2.45, 2.75) is 19.3 Å². The third kappa shape index (κ3) is 4.62. The molecule has 0 saturated carbocycles. The Morgan fingerprint density at radius 3 is 1.88 bits per heavy atom. The lowest BCUT2D eigenvalue weighted by Crippen LogP contribution is -2.16. The van der Waals surface area contributed by atoms with Gasteiger partial charge in [0.25, 0.3) is 0 Å². The Labute approximate surface area is 282 Å². The number of benzene rings is 8. The summed E-state index contributed by atoms with van der Waals surface area (Å²) in [5.74, 6) is 0. The summed E-state index contributed by atoms with van der Waals surface area (Å²) in [4.78, 5) is 2.45. The van der Waals surface area contributed by atoms with Gasteiger partial charge in [0.05, 0.1) is 5.69 Å². The molecule has 8 aromatic rings. The second-order valence-corrected chi connectivity index (χ2v) is 13.4. The molecule has 0 aromatic heterocycles. The van der Waals surface area contributed by atoms with Crippen molar-refractivity contribution in [1.82, 2.24) is 0 Å². The fourth-order valence-electron chi connectivity index (χ4n) is 7.72. The highest BCUT2D eigenvalue weighted by molar-refractivity contribution is 6.01. The lowest BCUT2D eigenvalue weighted by Gasteiger charge is -2.29. The van der Waals surface area contributed by atoms with E-state index in [1.165, 1.54) is 66.1 Å². The zero-order chi connectivity index (χ0) is 32.2. The van der Waals surface area contributed by atoms with Crippen LogP contribution >= 0.6 is 0 Å². The number of hydrogen-bond donors (Lipinski definition) is 0. The highest BCUT2D eigenvalue weighted by Gasteiger charge is 2.35. The van der Waals surface area contributed by atoms with Crippen LogP contribution in [0.4, 0.5) is 17.1 Å². The molecule has 1 heteroatoms. The SMILES string of the molecule is CC1(C)c2ccccc2-c2ccc(N(c3cccc(-c4ccccc4)c3)c3cccc4cc(-c5ccc6ccccc6c5)ccc34)cc21. The quantitative estimate of drug-likeness (QED) is 0.187. The Hall–Kier alpha value is -5.92. The maximum atomic E-state index is 2.45. The van der Waals surface area contributed by atoms with Gasteiger partial charge in [0.1, 0.15) is 0 Å². The Kier molecular flexibility index (Phi) is 6.55. The standard InChI is InChI=1S/C47H35N/c1-47(2)44-20-9-8-19-42(44)43-27-25-40(31-45(43)47)48(39-18-10-16-35(30-39)32-12-4-3-5-13-32)46-21-11-17-38-29-37(24-26-41(38)46)36-23-22-33-14-6-7-15-34(33)28-36/h3-31H,1-2H3. The van der Waals surface area contributed by atoms with Crippen molar-refractivity contribution in [3.05, 3.63) is 187 Å². The van der Waals surface area contributed by atoms with Gasteiger partial charge in [0.15, 0.2) is 0 Å². The summed E-state index contributed by atoms with van der Waals surface area (Å²) in [5, 5.41) is 4.96. The normalized spacial score (nSPS) is 13.0. The Morgan fingerprint density at radius 2 is 1.00 bits per heavy atom. The highest BCUT2D eigenvalue weighted by Crippen LogP contribution is 2.51. The van der Waals surface area contributed by atoms with Gasteiger partial charge in [-0.25, -0.2) is 0 Å². The van der Waals surface area contributed by atoms with Gasteiger partial charge in [-0.2, -0.15) is 0 Å². The van der Waals surface area contributed by atoms with Gasteiger partial charge in [-0.1, -0.05) is 147 Å². The minimum atomic E-state index is -0.0903. The molecule has 9 rings (SSSR count). The molecule has 0 spiro atoms. The van der Waals surface area contributed by atoms with Crippen LogP contribution in [-0.4, -0.2) is 0 Å². The number of rotatable bonds is 5. The van der Waals surface area contributed by atoms with Crippen molar-refractivity contribution in [1.29, 1.82) is 0 Å². The first-order valence-corrected chi connectivity index (χ1v) is 16.8. The van der Waals surface area contributed by atoms with Crippen LogP contribution in [0.25, 0.3) is 54.9 Å². The van der Waals surface area contributed by atoms with Gasteiger partial charge in [-0.15, -0.1) is 0 Å². The van der Waals surface area contributed by atoms with Gasteiger partial charge < -0.3 is 4.90 Å². The van der Waals surface area contributed by atoms with Crippen molar-refractivity contribution >= 4 is 38.6 Å². The zero-order valence-electron chi connectivity index (χ0n) is 27.2. The van der Waals surface area contributed by atoms with Crippen molar-refractivity contribution in [3.63, 3.8) is 0 Å². The molecule has 0 bridgehead atoms. The molecule has 1 aliphatic rings.